The van der Waals surface area contributed by atoms with Gasteiger partial charge in [-0.25, -0.2) is 16.8 Å². The number of ketones is 2. The molecule has 2 aliphatic rings. The predicted octanol–water partition coefficient (Wildman–Crippen LogP) is -15.7. The number of hydrogen-bond acceptors (Lipinski definition) is 22. The van der Waals surface area contributed by atoms with Gasteiger partial charge >= 0.3 is 189 Å². The Kier molecular flexibility index (Phi) is 55.0. The van der Waals surface area contributed by atoms with Crippen LogP contribution in [0.15, 0.2) is 140 Å². The van der Waals surface area contributed by atoms with E-state index in [1.54, 1.807) is 89.5 Å². The van der Waals surface area contributed by atoms with Gasteiger partial charge in [-0.15, -0.1) is 17.7 Å². The molecule has 6 rings (SSSR count). The van der Waals surface area contributed by atoms with Crippen molar-refractivity contribution >= 4 is 67.1 Å². The average Bonchev–Trinajstić information content (AvgIpc) is 3.35. The van der Waals surface area contributed by atoms with E-state index >= 15 is 0 Å². The number of carboxylic acid groups (broad SMARTS) is 3. The molecule has 0 radical (unpaired) electrons. The quantitative estimate of drug-likeness (QED) is 0.0157. The Morgan fingerprint density at radius 2 is 0.989 bits per heavy atom. The number of benzene rings is 4. The second-order valence-electron chi connectivity index (χ2n) is 17.6. The van der Waals surface area contributed by atoms with Gasteiger partial charge in [0.15, 0.2) is 11.6 Å². The molecule has 0 saturated heterocycles. The molecule has 0 atom stereocenters. The van der Waals surface area contributed by atoms with Gasteiger partial charge in [-0.1, -0.05) is 50.7 Å². The van der Waals surface area contributed by atoms with E-state index in [0.717, 1.165) is 5.56 Å². The van der Waals surface area contributed by atoms with E-state index in [-0.39, 0.29) is 299 Å². The number of rotatable bonds is 22. The number of carbonyl (C=O) groups excluding carboxylic acids is 4. The molecule has 0 bridgehead atoms. The van der Waals surface area contributed by atoms with Gasteiger partial charge in [-0.3, -0.25) is 25.5 Å². The molecule has 11 N–H and O–H groups in total. The number of carboxylic acids is 3. The Bertz CT molecular complexity index is 3480. The first-order valence-electron chi connectivity index (χ1n) is 24.0. The van der Waals surface area contributed by atoms with Gasteiger partial charge in [0.1, 0.15) is 26.0 Å². The molecule has 4 aromatic carbocycles. The molecule has 24 nitrogen and oxygen atoms in total. The van der Waals surface area contributed by atoms with Crippen LogP contribution in [0.2, 0.25) is 0 Å². The van der Waals surface area contributed by atoms with E-state index in [1.807, 2.05) is 0 Å². The summed E-state index contributed by atoms with van der Waals surface area (Å²) in [4.78, 5) is 67.9. The van der Waals surface area contributed by atoms with E-state index in [0.29, 0.717) is 55.7 Å². The maximum absolute atomic E-state index is 12.8. The normalized spacial score (nSPS) is 13.1. The van der Waals surface area contributed by atoms with Crippen molar-refractivity contribution in [3.8, 4) is 5.75 Å². The number of aliphatic carboxylic acids is 3. The van der Waals surface area contributed by atoms with Crippen LogP contribution >= 0.6 is 0 Å². The van der Waals surface area contributed by atoms with Gasteiger partial charge in [0, 0.05) is 55.1 Å². The van der Waals surface area contributed by atoms with Crippen molar-refractivity contribution < 1.29 is 274 Å². The molecule has 89 heavy (non-hydrogen) atoms. The van der Waals surface area contributed by atoms with Gasteiger partial charge in [0.2, 0.25) is 0 Å². The summed E-state index contributed by atoms with van der Waals surface area (Å²) in [7, 11) is -9.80. The molecule has 0 amide bonds. The van der Waals surface area contributed by atoms with E-state index in [4.69, 9.17) is 15.3 Å². The van der Waals surface area contributed by atoms with Crippen LogP contribution in [-0.4, -0.2) is 144 Å². The van der Waals surface area contributed by atoms with Crippen molar-refractivity contribution in [2.24, 2.45) is 0 Å². The van der Waals surface area contributed by atoms with Crippen molar-refractivity contribution in [1.82, 2.24) is 21.3 Å². The van der Waals surface area contributed by atoms with Crippen LogP contribution in [-0.2, 0) is 62.1 Å². The monoisotopic (exact) mass is 1330 g/mol. The minimum Gasteiger partial charge on any atom is -0.870 e. The number of phenolic OH excluding ortho intramolecular Hbond substituents is 1. The molecule has 4 aromatic rings. The third-order valence-corrected chi connectivity index (χ3v) is 13.2. The second-order valence-corrected chi connectivity index (χ2v) is 20.3. The van der Waals surface area contributed by atoms with Gasteiger partial charge in [0.25, 0.3) is 0 Å². The number of aryl methyl sites for hydroxylation is 2. The zero-order valence-electron chi connectivity index (χ0n) is 50.9. The summed E-state index contributed by atoms with van der Waals surface area (Å²) in [6.45, 7) is 7.42. The van der Waals surface area contributed by atoms with Crippen molar-refractivity contribution in [3.63, 3.8) is 0 Å². The molecule has 452 valence electrons. The Labute approximate surface area is 651 Å². The van der Waals surface area contributed by atoms with Gasteiger partial charge < -0.3 is 81.9 Å². The van der Waals surface area contributed by atoms with Crippen LogP contribution < -0.4 is 204 Å². The molecule has 0 aliphatic heterocycles. The van der Waals surface area contributed by atoms with E-state index in [1.165, 1.54) is 48.6 Å². The smallest absolute Gasteiger partial charge is 0.870 e. The first-order valence-corrected chi connectivity index (χ1v) is 26.8. The zero-order chi connectivity index (χ0) is 58.8. The summed E-state index contributed by atoms with van der Waals surface area (Å²) in [6, 6.07) is 21.2. The fourth-order valence-electron chi connectivity index (χ4n) is 8.30. The number of phenols is 1. The molecule has 0 aromatic heterocycles. The molecule has 2 aliphatic carbocycles. The first kappa shape index (κ1) is 101. The van der Waals surface area contributed by atoms with E-state index in [2.05, 4.69) is 27.3 Å². The fourth-order valence-corrected chi connectivity index (χ4v) is 9.67. The van der Waals surface area contributed by atoms with Crippen LogP contribution in [0.25, 0.3) is 11.1 Å². The third-order valence-electron chi connectivity index (χ3n) is 11.4. The second kappa shape index (κ2) is 48.7. The van der Waals surface area contributed by atoms with E-state index in [9.17, 15) is 64.9 Å². The summed E-state index contributed by atoms with van der Waals surface area (Å²) >= 11 is 0. The zero-order valence-corrected chi connectivity index (χ0v) is 64.5. The van der Waals surface area contributed by atoms with Crippen molar-refractivity contribution in [2.75, 3.05) is 45.9 Å². The first-order chi connectivity index (χ1) is 37.2. The topological polar surface area (TPSA) is 459 Å². The number of carbonyl (C=O) groups is 5. The summed E-state index contributed by atoms with van der Waals surface area (Å²) < 4.78 is 73.2. The van der Waals surface area contributed by atoms with Gasteiger partial charge in [0.05, 0.1) is 28.8 Å². The van der Waals surface area contributed by atoms with Gasteiger partial charge in [-0.2, -0.15) is 23.8 Å². The number of aliphatic hydroxyl groups is 1. The standard InChI is InChI=1S/C27H28N2O9S.C27H26N2O7S.C2H6O.CH4.6Na.3H2O/c1-15-7-17(9-19(26(15)34)11-28-13-23(30)31)25(21-5-3-4-6-22(21)39(36,37)38)18-8-16(2)27(35)20(10-18)12-29-14-24(32)33;1-17-9-19(14-28-7-8-30)12-20(10-17)26(23-5-3-4-6-24(23)37(34,35)36)21-11-18(2)27(33)22(13-21)15-29-16-25(31)32;1-2-3;;;;;;;;;;/h3-10,28-29,34H,11-14H2,1-2H3,(H,30,31)(H,32,33)(H,36,37,38);3-6,10-13,28-29H,7,14-16H2,1-2H3,(H,31,32)(H,34,35,36);3H,2H2,1H3;1H4;;;;;;;3*1H2/q;-2;;;6*+1;;;/p-6/b;26-21-;;;;;;;;;;;. The minimum absolute atomic E-state index is 0. The molecule has 0 heterocycles. The maximum atomic E-state index is 12.8. The number of allylic oxidation sites excluding steroid dienone is 8. The molecule has 0 fully saturated rings. The van der Waals surface area contributed by atoms with Crippen LogP contribution in [0.4, 0.5) is 0 Å². The predicted molar refractivity (Wildman–Crippen MR) is 298 cm³/mol. The fraction of sp³-hybridized carbons (Fsp3) is 0.263. The summed E-state index contributed by atoms with van der Waals surface area (Å²) in [5.74, 6) is -4.26. The Balaban J connectivity index is -0.000000261. The third kappa shape index (κ3) is 31.4. The average molecular weight is 1330 g/mol. The summed E-state index contributed by atoms with van der Waals surface area (Å²) in [5, 5.41) is 57.8. The molecule has 0 spiro atoms. The van der Waals surface area contributed by atoms with Crippen molar-refractivity contribution in [1.29, 1.82) is 0 Å². The summed E-state index contributed by atoms with van der Waals surface area (Å²) in [6.07, 6.45) is 7.93. The molecular weight excluding hydrogens is 1260 g/mol. The van der Waals surface area contributed by atoms with Crippen molar-refractivity contribution in [3.05, 3.63) is 181 Å². The summed E-state index contributed by atoms with van der Waals surface area (Å²) in [5.41, 5.74) is 5.94. The van der Waals surface area contributed by atoms with Crippen LogP contribution in [0.5, 0.6) is 5.75 Å². The van der Waals surface area contributed by atoms with Crippen LogP contribution in [0, 0.1) is 19.9 Å². The molecule has 0 saturated carbocycles. The minimum atomic E-state index is -4.94. The number of Topliss-reactive ketones (excluding diaryl/α,β-unsaturated/α-hetero) is 2. The molecule has 0 unspecified atom stereocenters. The maximum Gasteiger partial charge on any atom is 1.00 e. The Morgan fingerprint density at radius 3 is 1.38 bits per heavy atom. The van der Waals surface area contributed by atoms with Gasteiger partial charge in [-0.05, 0) is 133 Å². The number of nitrogens with one attached hydrogen (secondary N) is 4. The van der Waals surface area contributed by atoms with Crippen LogP contribution in [0.3, 0.4) is 0 Å². The Hall–Kier alpha value is -1.96. The van der Waals surface area contributed by atoms with Crippen molar-refractivity contribution in [2.45, 2.75) is 64.9 Å². The Morgan fingerprint density at radius 1 is 0.596 bits per heavy atom. The number of aliphatic hydroxyl groups excluding tert-OH is 1. The molecular formula is C57H64N4Na6O20S2-2. The SMILES string of the molecule is C.CC1=C/C(=C(\c2cc(C)[c-]c(CNC[C-]=O)c2)c2ccccc2S(=O)(=O)[O-])C=C(CNCC(=O)[O-])C1=O.CC1=CC(=C(c2cc(C)c(O)c(CNCC(=O)O)c2)c2ccccc2S(=O)(=O)[O-])C=C(CNCC(=O)O)C1=O.CCO.[Na+].[Na+].[Na+].[Na+].[Na+].[Na+].[OH-].[OH-].[OH-]. The largest absolute Gasteiger partial charge is 1.00 e. The number of aromatic hydroxyl groups is 1. The van der Waals surface area contributed by atoms with E-state index < -0.39 is 54.5 Å². The number of hydrogen-bond donors (Lipinski definition) is 8. The molecule has 32 heteroatoms. The van der Waals surface area contributed by atoms with Crippen LogP contribution in [0.1, 0.15) is 72.7 Å².